The van der Waals surface area contributed by atoms with E-state index in [0.29, 0.717) is 17.0 Å². The van der Waals surface area contributed by atoms with E-state index < -0.39 is 18.0 Å². The summed E-state index contributed by atoms with van der Waals surface area (Å²) >= 11 is 0. The number of carbonyl (C=O) groups is 2. The van der Waals surface area contributed by atoms with E-state index in [1.165, 1.54) is 0 Å². The van der Waals surface area contributed by atoms with Crippen LogP contribution in [0.4, 0.5) is 10.5 Å². The van der Waals surface area contributed by atoms with Crippen LogP contribution < -0.4 is 15.4 Å². The number of anilines is 1. The summed E-state index contributed by atoms with van der Waals surface area (Å²) in [5.74, 6) is -0.331. The van der Waals surface area contributed by atoms with Gasteiger partial charge in [-0.05, 0) is 29.8 Å². The standard InChI is InChI=1S/C17H18N2O4/c1-23-14-9-7-12(8-10-14)15(11-16(20)21)19-17(22)18-13-5-3-2-4-6-13/h2-10,15H,11H2,1H3,(H,20,21)(H2,18,19,22)/t15-/m1/s1. The van der Waals surface area contributed by atoms with Crippen LogP contribution >= 0.6 is 0 Å². The van der Waals surface area contributed by atoms with Crippen LogP contribution in [0.1, 0.15) is 18.0 Å². The first-order valence-electron chi connectivity index (χ1n) is 7.07. The second-order valence-corrected chi connectivity index (χ2v) is 4.89. The van der Waals surface area contributed by atoms with Gasteiger partial charge in [-0.25, -0.2) is 4.79 Å². The molecular weight excluding hydrogens is 296 g/mol. The van der Waals surface area contributed by atoms with Gasteiger partial charge in [-0.15, -0.1) is 0 Å². The van der Waals surface area contributed by atoms with Crippen molar-refractivity contribution in [1.29, 1.82) is 0 Å². The van der Waals surface area contributed by atoms with Crippen LogP contribution in [0.3, 0.4) is 0 Å². The number of ether oxygens (including phenoxy) is 1. The Hall–Kier alpha value is -3.02. The van der Waals surface area contributed by atoms with Crippen molar-refractivity contribution in [1.82, 2.24) is 5.32 Å². The molecule has 0 aliphatic carbocycles. The third-order valence-electron chi connectivity index (χ3n) is 3.23. The topological polar surface area (TPSA) is 87.7 Å². The molecule has 0 heterocycles. The largest absolute Gasteiger partial charge is 0.497 e. The van der Waals surface area contributed by atoms with Gasteiger partial charge >= 0.3 is 12.0 Å². The van der Waals surface area contributed by atoms with Gasteiger partial charge in [-0.1, -0.05) is 30.3 Å². The Labute approximate surface area is 134 Å². The van der Waals surface area contributed by atoms with Crippen LogP contribution in [0.5, 0.6) is 5.75 Å². The molecule has 2 rings (SSSR count). The van der Waals surface area contributed by atoms with Crippen molar-refractivity contribution in [2.45, 2.75) is 12.5 Å². The summed E-state index contributed by atoms with van der Waals surface area (Å²) < 4.78 is 5.07. The third kappa shape index (κ3) is 5.03. The quantitative estimate of drug-likeness (QED) is 0.765. The predicted molar refractivity (Wildman–Crippen MR) is 86.6 cm³/mol. The zero-order valence-corrected chi connectivity index (χ0v) is 12.7. The molecule has 2 amide bonds. The molecule has 0 saturated heterocycles. The second-order valence-electron chi connectivity index (χ2n) is 4.89. The van der Waals surface area contributed by atoms with Gasteiger partial charge in [0.25, 0.3) is 0 Å². The zero-order chi connectivity index (χ0) is 16.7. The number of carboxylic acids is 1. The number of carbonyl (C=O) groups excluding carboxylic acids is 1. The minimum absolute atomic E-state index is 0.214. The van der Waals surface area contributed by atoms with Crippen LogP contribution in [0.15, 0.2) is 54.6 Å². The lowest BCUT2D eigenvalue weighted by molar-refractivity contribution is -0.137. The van der Waals surface area contributed by atoms with E-state index in [1.54, 1.807) is 55.6 Å². The van der Waals surface area contributed by atoms with Crippen molar-refractivity contribution >= 4 is 17.7 Å². The fourth-order valence-electron chi connectivity index (χ4n) is 2.11. The lowest BCUT2D eigenvalue weighted by Gasteiger charge is -2.18. The Morgan fingerprint density at radius 1 is 1.09 bits per heavy atom. The van der Waals surface area contributed by atoms with E-state index in [1.807, 2.05) is 6.07 Å². The van der Waals surface area contributed by atoms with E-state index in [0.717, 1.165) is 0 Å². The summed E-state index contributed by atoms with van der Waals surface area (Å²) in [7, 11) is 1.55. The van der Waals surface area contributed by atoms with Crippen molar-refractivity contribution in [3.05, 3.63) is 60.2 Å². The molecule has 0 aromatic heterocycles. The Kier molecular flexibility index (Phi) is 5.57. The first kappa shape index (κ1) is 16.4. The highest BCUT2D eigenvalue weighted by molar-refractivity contribution is 5.89. The maximum Gasteiger partial charge on any atom is 0.319 e. The summed E-state index contributed by atoms with van der Waals surface area (Å²) in [4.78, 5) is 23.1. The molecule has 0 bridgehead atoms. The van der Waals surface area contributed by atoms with Gasteiger partial charge in [-0.2, -0.15) is 0 Å². The van der Waals surface area contributed by atoms with E-state index >= 15 is 0 Å². The van der Waals surface area contributed by atoms with Gasteiger partial charge in [0.1, 0.15) is 5.75 Å². The number of rotatable bonds is 6. The van der Waals surface area contributed by atoms with Crippen LogP contribution in [0.25, 0.3) is 0 Å². The molecular formula is C17H18N2O4. The number of para-hydroxylation sites is 1. The summed E-state index contributed by atoms with van der Waals surface area (Å²) in [6.45, 7) is 0. The van der Waals surface area contributed by atoms with Gasteiger partial charge in [0, 0.05) is 5.69 Å². The Morgan fingerprint density at radius 3 is 2.30 bits per heavy atom. The van der Waals surface area contributed by atoms with E-state index in [-0.39, 0.29) is 6.42 Å². The fourth-order valence-corrected chi connectivity index (χ4v) is 2.11. The average molecular weight is 314 g/mol. The summed E-state index contributed by atoms with van der Waals surface area (Å²) in [5, 5.41) is 14.4. The number of aliphatic carboxylic acids is 1. The van der Waals surface area contributed by atoms with Crippen LogP contribution in [0, 0.1) is 0 Å². The van der Waals surface area contributed by atoms with E-state index in [4.69, 9.17) is 9.84 Å². The number of benzene rings is 2. The number of hydrogen-bond acceptors (Lipinski definition) is 3. The Balaban J connectivity index is 2.08. The van der Waals surface area contributed by atoms with Gasteiger partial charge in [0.05, 0.1) is 19.6 Å². The van der Waals surface area contributed by atoms with Crippen molar-refractivity contribution in [2.24, 2.45) is 0 Å². The number of amides is 2. The minimum Gasteiger partial charge on any atom is -0.497 e. The SMILES string of the molecule is COc1ccc([C@@H](CC(=O)O)NC(=O)Nc2ccccc2)cc1. The molecule has 0 fully saturated rings. The number of nitrogens with one attached hydrogen (secondary N) is 2. The van der Waals surface area contributed by atoms with Crippen molar-refractivity contribution in [2.75, 3.05) is 12.4 Å². The maximum absolute atomic E-state index is 12.1. The second kappa shape index (κ2) is 7.84. The van der Waals surface area contributed by atoms with E-state index in [9.17, 15) is 9.59 Å². The normalized spacial score (nSPS) is 11.3. The average Bonchev–Trinajstić information content (AvgIpc) is 2.55. The lowest BCUT2D eigenvalue weighted by atomic mass is 10.0. The molecule has 2 aromatic carbocycles. The molecule has 0 aliphatic heterocycles. The molecule has 6 heteroatoms. The van der Waals surface area contributed by atoms with Crippen molar-refractivity contribution < 1.29 is 19.4 Å². The number of carboxylic acid groups (broad SMARTS) is 1. The number of hydrogen-bond donors (Lipinski definition) is 3. The monoisotopic (exact) mass is 314 g/mol. The summed E-state index contributed by atoms with van der Waals surface area (Å²) in [5.41, 5.74) is 1.32. The first-order valence-corrected chi connectivity index (χ1v) is 7.07. The van der Waals surface area contributed by atoms with E-state index in [2.05, 4.69) is 10.6 Å². The van der Waals surface area contributed by atoms with Crippen molar-refractivity contribution in [3.63, 3.8) is 0 Å². The fraction of sp³-hybridized carbons (Fsp3) is 0.176. The molecule has 0 spiro atoms. The van der Waals surface area contributed by atoms with Crippen molar-refractivity contribution in [3.8, 4) is 5.75 Å². The van der Waals surface area contributed by atoms with Gasteiger partial charge in [-0.3, -0.25) is 4.79 Å². The predicted octanol–water partition coefficient (Wildman–Crippen LogP) is 3.03. The molecule has 3 N–H and O–H groups in total. The number of urea groups is 1. The molecule has 2 aromatic rings. The molecule has 0 unspecified atom stereocenters. The van der Waals surface area contributed by atoms with Gasteiger partial charge in [0.15, 0.2) is 0 Å². The molecule has 0 radical (unpaired) electrons. The highest BCUT2D eigenvalue weighted by atomic mass is 16.5. The highest BCUT2D eigenvalue weighted by Crippen LogP contribution is 2.20. The lowest BCUT2D eigenvalue weighted by Crippen LogP contribution is -2.33. The number of methoxy groups -OCH3 is 1. The molecule has 6 nitrogen and oxygen atoms in total. The molecule has 23 heavy (non-hydrogen) atoms. The summed E-state index contributed by atoms with van der Waals surface area (Å²) in [6, 6.07) is 14.8. The van der Waals surface area contributed by atoms with Crippen LogP contribution in [0.2, 0.25) is 0 Å². The highest BCUT2D eigenvalue weighted by Gasteiger charge is 2.18. The van der Waals surface area contributed by atoms with Gasteiger partial charge in [0.2, 0.25) is 0 Å². The molecule has 0 aliphatic rings. The molecule has 120 valence electrons. The Bertz CT molecular complexity index is 656. The Morgan fingerprint density at radius 2 is 1.74 bits per heavy atom. The van der Waals surface area contributed by atoms with Crippen LogP contribution in [-0.4, -0.2) is 24.2 Å². The molecule has 1 atom stereocenters. The molecule has 0 saturated carbocycles. The summed E-state index contributed by atoms with van der Waals surface area (Å²) in [6.07, 6.45) is -0.214. The van der Waals surface area contributed by atoms with Gasteiger partial charge < -0.3 is 20.5 Å². The zero-order valence-electron chi connectivity index (χ0n) is 12.7. The third-order valence-corrected chi connectivity index (χ3v) is 3.23. The maximum atomic E-state index is 12.1. The minimum atomic E-state index is -0.995. The smallest absolute Gasteiger partial charge is 0.319 e. The first-order chi connectivity index (χ1) is 11.1. The van der Waals surface area contributed by atoms with Crippen LogP contribution in [-0.2, 0) is 4.79 Å².